The highest BCUT2D eigenvalue weighted by Gasteiger charge is 2.18. The van der Waals surface area contributed by atoms with E-state index < -0.39 is 0 Å². The number of thiazole rings is 1. The zero-order valence-corrected chi connectivity index (χ0v) is 15.6. The largest absolute Gasteiger partial charge is 0.340 e. The number of hydrogen-bond acceptors (Lipinski definition) is 4. The van der Waals surface area contributed by atoms with Crippen molar-refractivity contribution in [2.75, 3.05) is 13.6 Å². The maximum absolute atomic E-state index is 12.8. The van der Waals surface area contributed by atoms with Gasteiger partial charge in [-0.2, -0.15) is 5.10 Å². The SMILES string of the molecule is CN(CCc1cn[nH]c1)C(=O)c1csc2nc(-c3ccc(Cl)cc3)cn12. The Morgan fingerprint density at radius 3 is 2.88 bits per heavy atom. The van der Waals surface area contributed by atoms with Gasteiger partial charge in [0.1, 0.15) is 5.69 Å². The highest BCUT2D eigenvalue weighted by molar-refractivity contribution is 7.15. The van der Waals surface area contributed by atoms with Gasteiger partial charge in [0.05, 0.1) is 11.9 Å². The second-order valence-corrected chi connectivity index (χ2v) is 7.26. The number of aromatic nitrogens is 4. The van der Waals surface area contributed by atoms with E-state index in [2.05, 4.69) is 15.2 Å². The minimum atomic E-state index is -0.0280. The summed E-state index contributed by atoms with van der Waals surface area (Å²) in [5.41, 5.74) is 3.49. The predicted molar refractivity (Wildman–Crippen MR) is 103 cm³/mol. The molecule has 3 aromatic heterocycles. The van der Waals surface area contributed by atoms with E-state index in [1.807, 2.05) is 53.5 Å². The molecule has 0 aliphatic rings. The number of likely N-dealkylation sites (N-methyl/N-ethyl adjacent to an activating group) is 1. The van der Waals surface area contributed by atoms with Crippen molar-refractivity contribution in [1.82, 2.24) is 24.5 Å². The summed E-state index contributed by atoms with van der Waals surface area (Å²) in [6, 6.07) is 7.51. The van der Waals surface area contributed by atoms with Gasteiger partial charge < -0.3 is 4.90 Å². The first-order valence-electron chi connectivity index (χ1n) is 8.07. The summed E-state index contributed by atoms with van der Waals surface area (Å²) >= 11 is 7.40. The van der Waals surface area contributed by atoms with Gasteiger partial charge in [-0.15, -0.1) is 11.3 Å². The number of hydrogen-bond donors (Lipinski definition) is 1. The van der Waals surface area contributed by atoms with E-state index in [1.54, 1.807) is 11.1 Å². The molecule has 0 unspecified atom stereocenters. The number of benzene rings is 1. The molecule has 4 aromatic rings. The Bertz CT molecular complexity index is 1040. The zero-order chi connectivity index (χ0) is 18.1. The Morgan fingerprint density at radius 1 is 1.35 bits per heavy atom. The van der Waals surface area contributed by atoms with Gasteiger partial charge in [0.25, 0.3) is 5.91 Å². The van der Waals surface area contributed by atoms with Crippen LogP contribution in [0.25, 0.3) is 16.2 Å². The number of rotatable bonds is 5. The number of fused-ring (bicyclic) bond motifs is 1. The van der Waals surface area contributed by atoms with Crippen LogP contribution in [0.4, 0.5) is 0 Å². The molecule has 0 spiro atoms. The van der Waals surface area contributed by atoms with Gasteiger partial charge in [-0.05, 0) is 24.1 Å². The number of carbonyl (C=O) groups excluding carboxylic acids is 1. The molecule has 0 atom stereocenters. The predicted octanol–water partition coefficient (Wildman–Crippen LogP) is 3.75. The molecule has 8 heteroatoms. The fourth-order valence-electron chi connectivity index (χ4n) is 2.71. The first-order chi connectivity index (χ1) is 12.6. The van der Waals surface area contributed by atoms with E-state index in [-0.39, 0.29) is 5.91 Å². The van der Waals surface area contributed by atoms with Crippen molar-refractivity contribution in [2.24, 2.45) is 0 Å². The summed E-state index contributed by atoms with van der Waals surface area (Å²) < 4.78 is 1.85. The van der Waals surface area contributed by atoms with E-state index in [9.17, 15) is 4.79 Å². The smallest absolute Gasteiger partial charge is 0.271 e. The van der Waals surface area contributed by atoms with Crippen LogP contribution in [0, 0.1) is 0 Å². The molecule has 6 nitrogen and oxygen atoms in total. The fourth-order valence-corrected chi connectivity index (χ4v) is 3.68. The molecule has 0 aliphatic heterocycles. The van der Waals surface area contributed by atoms with Crippen molar-refractivity contribution in [1.29, 1.82) is 0 Å². The average Bonchev–Trinajstić information content (AvgIpc) is 3.36. The molecule has 1 amide bonds. The Labute approximate surface area is 159 Å². The molecule has 0 aliphatic carbocycles. The lowest BCUT2D eigenvalue weighted by atomic mass is 10.2. The van der Waals surface area contributed by atoms with Gasteiger partial charge >= 0.3 is 0 Å². The molecular formula is C18H16ClN5OS. The van der Waals surface area contributed by atoms with Crippen LogP contribution < -0.4 is 0 Å². The van der Waals surface area contributed by atoms with Crippen molar-refractivity contribution in [3.05, 3.63) is 64.5 Å². The number of nitrogens with one attached hydrogen (secondary N) is 1. The summed E-state index contributed by atoms with van der Waals surface area (Å²) in [5, 5.41) is 9.25. The average molecular weight is 386 g/mol. The maximum Gasteiger partial charge on any atom is 0.271 e. The molecule has 1 aromatic carbocycles. The third-order valence-electron chi connectivity index (χ3n) is 4.21. The van der Waals surface area contributed by atoms with Crippen LogP contribution in [-0.2, 0) is 6.42 Å². The van der Waals surface area contributed by atoms with Crippen molar-refractivity contribution in [3.63, 3.8) is 0 Å². The van der Waals surface area contributed by atoms with Gasteiger partial charge in [0.2, 0.25) is 0 Å². The molecule has 132 valence electrons. The molecule has 3 heterocycles. The van der Waals surface area contributed by atoms with E-state index in [1.165, 1.54) is 11.3 Å². The van der Waals surface area contributed by atoms with Crippen molar-refractivity contribution < 1.29 is 4.79 Å². The topological polar surface area (TPSA) is 66.3 Å². The molecule has 4 rings (SSSR count). The quantitative estimate of drug-likeness (QED) is 0.569. The van der Waals surface area contributed by atoms with Gasteiger partial charge in [-0.25, -0.2) is 4.98 Å². The Morgan fingerprint density at radius 2 is 2.15 bits per heavy atom. The van der Waals surface area contributed by atoms with E-state index in [0.717, 1.165) is 28.2 Å². The maximum atomic E-state index is 12.8. The first-order valence-corrected chi connectivity index (χ1v) is 9.33. The van der Waals surface area contributed by atoms with Crippen LogP contribution in [0.15, 0.2) is 48.2 Å². The number of amides is 1. The molecular weight excluding hydrogens is 370 g/mol. The monoisotopic (exact) mass is 385 g/mol. The van der Waals surface area contributed by atoms with Crippen LogP contribution in [0.1, 0.15) is 16.1 Å². The lowest BCUT2D eigenvalue weighted by molar-refractivity contribution is 0.0790. The van der Waals surface area contributed by atoms with Crippen LogP contribution in [0.2, 0.25) is 5.02 Å². The van der Waals surface area contributed by atoms with Gasteiger partial charge in [0, 0.05) is 42.0 Å². The highest BCUT2D eigenvalue weighted by atomic mass is 35.5. The second kappa shape index (κ2) is 6.93. The second-order valence-electron chi connectivity index (χ2n) is 5.99. The minimum absolute atomic E-state index is 0.0280. The van der Waals surface area contributed by atoms with Gasteiger partial charge in [-0.1, -0.05) is 23.7 Å². The number of H-pyrrole nitrogens is 1. The zero-order valence-electron chi connectivity index (χ0n) is 14.0. The number of imidazole rings is 1. The molecule has 0 fully saturated rings. The Kier molecular flexibility index (Phi) is 4.48. The third-order valence-corrected chi connectivity index (χ3v) is 5.30. The number of aromatic amines is 1. The van der Waals surface area contributed by atoms with Crippen LogP contribution in [-0.4, -0.2) is 44.0 Å². The van der Waals surface area contributed by atoms with Crippen molar-refractivity contribution in [2.45, 2.75) is 6.42 Å². The number of nitrogens with zero attached hydrogens (tertiary/aromatic N) is 4. The molecule has 1 N–H and O–H groups in total. The lowest BCUT2D eigenvalue weighted by Gasteiger charge is -2.16. The first kappa shape index (κ1) is 16.8. The standard InChI is InChI=1S/C18H16ClN5OS/c1-23(7-6-12-8-20-21-9-12)17(25)16-11-26-18-22-15(10-24(16)18)13-2-4-14(19)5-3-13/h2-5,8-11H,6-7H2,1H3,(H,20,21). The van der Waals surface area contributed by atoms with Gasteiger partial charge in [-0.3, -0.25) is 14.3 Å². The third kappa shape index (κ3) is 3.23. The van der Waals surface area contributed by atoms with Crippen LogP contribution in [0.5, 0.6) is 0 Å². The molecule has 0 bridgehead atoms. The summed E-state index contributed by atoms with van der Waals surface area (Å²) in [7, 11) is 1.81. The molecule has 0 radical (unpaired) electrons. The van der Waals surface area contributed by atoms with Crippen LogP contribution in [0.3, 0.4) is 0 Å². The molecule has 0 saturated heterocycles. The van der Waals surface area contributed by atoms with Crippen molar-refractivity contribution in [3.8, 4) is 11.3 Å². The number of carbonyl (C=O) groups is 1. The van der Waals surface area contributed by atoms with Crippen molar-refractivity contribution >= 4 is 33.8 Å². The van der Waals surface area contributed by atoms with E-state index in [4.69, 9.17) is 11.6 Å². The molecule has 0 saturated carbocycles. The normalized spacial score (nSPS) is 11.2. The van der Waals surface area contributed by atoms with E-state index in [0.29, 0.717) is 17.3 Å². The summed E-state index contributed by atoms with van der Waals surface area (Å²) in [4.78, 5) is 19.9. The van der Waals surface area contributed by atoms with Crippen LogP contribution >= 0.6 is 22.9 Å². The molecule has 26 heavy (non-hydrogen) atoms. The highest BCUT2D eigenvalue weighted by Crippen LogP contribution is 2.25. The lowest BCUT2D eigenvalue weighted by Crippen LogP contribution is -2.29. The summed E-state index contributed by atoms with van der Waals surface area (Å²) in [6.07, 6.45) is 6.27. The Balaban J connectivity index is 1.56. The summed E-state index contributed by atoms with van der Waals surface area (Å²) in [5.74, 6) is -0.0280. The summed E-state index contributed by atoms with van der Waals surface area (Å²) in [6.45, 7) is 0.619. The minimum Gasteiger partial charge on any atom is -0.340 e. The number of halogens is 1. The fraction of sp³-hybridized carbons (Fsp3) is 0.167. The Hall–Kier alpha value is -2.64. The van der Waals surface area contributed by atoms with Gasteiger partial charge in [0.15, 0.2) is 4.96 Å². The van der Waals surface area contributed by atoms with E-state index >= 15 is 0 Å².